The number of aromatic nitrogens is 2. The normalized spacial score (nSPS) is 12.4. The smallest absolute Gasteiger partial charge is 0.278 e. The summed E-state index contributed by atoms with van der Waals surface area (Å²) in [5, 5.41) is 7.65. The number of ether oxygens (including phenoxy) is 1. The van der Waals surface area contributed by atoms with E-state index in [0.29, 0.717) is 46.9 Å². The molecule has 1 heterocycles. The number of benzene rings is 4. The van der Waals surface area contributed by atoms with E-state index in [9.17, 15) is 9.59 Å². The number of carbonyl (C=O) groups is 2. The van der Waals surface area contributed by atoms with Gasteiger partial charge in [0.15, 0.2) is 0 Å². The Balaban J connectivity index is 1.29. The number of nitrogens with one attached hydrogen (secondary N) is 1. The van der Waals surface area contributed by atoms with Gasteiger partial charge in [0.1, 0.15) is 11.5 Å². The van der Waals surface area contributed by atoms with Crippen molar-refractivity contribution in [1.29, 1.82) is 0 Å². The summed E-state index contributed by atoms with van der Waals surface area (Å²) in [6.45, 7) is 0. The summed E-state index contributed by atoms with van der Waals surface area (Å²) < 4.78 is 7.73. The molecular formula is C35H27N3O3. The first kappa shape index (κ1) is 25.8. The number of hydrogen-bond donors (Lipinski definition) is 1. The van der Waals surface area contributed by atoms with Crippen LogP contribution in [0.3, 0.4) is 0 Å². The minimum atomic E-state index is -0.204. The molecule has 41 heavy (non-hydrogen) atoms. The van der Waals surface area contributed by atoms with Crippen molar-refractivity contribution in [2.45, 2.75) is 12.8 Å². The van der Waals surface area contributed by atoms with Gasteiger partial charge in [-0.1, -0.05) is 78.9 Å². The Hall–Kier alpha value is -5.49. The molecule has 1 N–H and O–H groups in total. The molecule has 1 amide bonds. The number of carbonyl (C=O) groups excluding carboxylic acids is 2. The highest BCUT2D eigenvalue weighted by Gasteiger charge is 2.24. The molecule has 0 fully saturated rings. The molecule has 0 atom stereocenters. The highest BCUT2D eigenvalue weighted by Crippen LogP contribution is 2.31. The summed E-state index contributed by atoms with van der Waals surface area (Å²) in [5.74, 6) is 0.910. The van der Waals surface area contributed by atoms with E-state index < -0.39 is 0 Å². The van der Waals surface area contributed by atoms with Crippen LogP contribution in [0.4, 0.5) is 5.69 Å². The van der Waals surface area contributed by atoms with Crippen molar-refractivity contribution < 1.29 is 14.3 Å². The van der Waals surface area contributed by atoms with Crippen molar-refractivity contribution in [3.63, 3.8) is 0 Å². The van der Waals surface area contributed by atoms with Crippen LogP contribution in [-0.4, -0.2) is 21.6 Å². The van der Waals surface area contributed by atoms with E-state index in [1.54, 1.807) is 30.3 Å². The van der Waals surface area contributed by atoms with Crippen molar-refractivity contribution in [2.24, 2.45) is 0 Å². The Bertz CT molecular complexity index is 1750. The molecule has 5 aromatic rings. The highest BCUT2D eigenvalue weighted by molar-refractivity contribution is 6.04. The Labute approximate surface area is 238 Å². The van der Waals surface area contributed by atoms with E-state index in [1.807, 2.05) is 103 Å². The molecule has 6 rings (SSSR count). The number of nitrogens with zero attached hydrogens (tertiary/aromatic N) is 2. The first-order valence-electron chi connectivity index (χ1n) is 13.4. The van der Waals surface area contributed by atoms with Crippen LogP contribution in [0.1, 0.15) is 49.7 Å². The van der Waals surface area contributed by atoms with Crippen LogP contribution in [0.2, 0.25) is 0 Å². The number of fused-ring (bicyclic) bond motifs is 1. The standard InChI is InChI=1S/C35H27N3O3/c39-34(26-13-6-2-7-14-26)36-28-17-10-18-29(23-28)41-30-20-21-31-32(22-19-25-11-4-1-5-12-25)37-38(33(31)24-30)35(40)27-15-8-3-9-16-27/h1-19,22-24H,20-21H2,(H,36,39)/b22-19+. The second kappa shape index (κ2) is 11.7. The van der Waals surface area contributed by atoms with E-state index >= 15 is 0 Å². The lowest BCUT2D eigenvalue weighted by Gasteiger charge is -2.16. The maximum Gasteiger partial charge on any atom is 0.278 e. The lowest BCUT2D eigenvalue weighted by Crippen LogP contribution is -2.17. The minimum absolute atomic E-state index is 0.191. The van der Waals surface area contributed by atoms with E-state index in [4.69, 9.17) is 9.84 Å². The quantitative estimate of drug-likeness (QED) is 0.235. The third-order valence-corrected chi connectivity index (χ3v) is 6.80. The molecule has 1 aliphatic carbocycles. The van der Waals surface area contributed by atoms with Crippen LogP contribution in [0.25, 0.3) is 18.2 Å². The predicted molar refractivity (Wildman–Crippen MR) is 162 cm³/mol. The fraction of sp³-hybridized carbons (Fsp3) is 0.0571. The van der Waals surface area contributed by atoms with Gasteiger partial charge in [-0.3, -0.25) is 9.59 Å². The molecule has 200 valence electrons. The molecule has 0 spiro atoms. The zero-order chi connectivity index (χ0) is 28.0. The van der Waals surface area contributed by atoms with E-state index in [1.165, 1.54) is 4.68 Å². The van der Waals surface area contributed by atoms with Crippen LogP contribution in [0, 0.1) is 0 Å². The lowest BCUT2D eigenvalue weighted by atomic mass is 9.99. The average molecular weight is 538 g/mol. The molecule has 1 aromatic heterocycles. The van der Waals surface area contributed by atoms with Crippen molar-refractivity contribution >= 4 is 35.7 Å². The van der Waals surface area contributed by atoms with Gasteiger partial charge in [-0.15, -0.1) is 0 Å². The maximum atomic E-state index is 13.5. The number of rotatable bonds is 7. The van der Waals surface area contributed by atoms with Crippen molar-refractivity contribution in [3.8, 4) is 5.75 Å². The Morgan fingerprint density at radius 1 is 0.756 bits per heavy atom. The summed E-state index contributed by atoms with van der Waals surface area (Å²) in [4.78, 5) is 26.1. The highest BCUT2D eigenvalue weighted by atomic mass is 16.5. The van der Waals surface area contributed by atoms with Gasteiger partial charge < -0.3 is 10.1 Å². The van der Waals surface area contributed by atoms with Gasteiger partial charge in [0.2, 0.25) is 0 Å². The minimum Gasteiger partial charge on any atom is -0.462 e. The molecular weight excluding hydrogens is 510 g/mol. The molecule has 4 aromatic carbocycles. The average Bonchev–Trinajstić information content (AvgIpc) is 3.39. The maximum absolute atomic E-state index is 13.5. The summed E-state index contributed by atoms with van der Waals surface area (Å²) in [5.41, 5.74) is 5.29. The zero-order valence-electron chi connectivity index (χ0n) is 22.2. The van der Waals surface area contributed by atoms with E-state index in [2.05, 4.69) is 5.32 Å². The fourth-order valence-corrected chi connectivity index (χ4v) is 4.75. The topological polar surface area (TPSA) is 73.2 Å². The molecule has 0 saturated carbocycles. The van der Waals surface area contributed by atoms with Gasteiger partial charge in [-0.2, -0.15) is 9.78 Å². The largest absolute Gasteiger partial charge is 0.462 e. The Kier molecular flexibility index (Phi) is 7.36. The van der Waals surface area contributed by atoms with Gasteiger partial charge in [0.25, 0.3) is 11.8 Å². The SMILES string of the molecule is O=C(Nc1cccc(OC2=Cc3c(c(/C=C/c4ccccc4)nn3C(=O)c3ccccc3)CC2)c1)c1ccccc1. The Morgan fingerprint density at radius 3 is 2.17 bits per heavy atom. The molecule has 0 saturated heterocycles. The van der Waals surface area contributed by atoms with Crippen molar-refractivity contribution in [3.05, 3.63) is 155 Å². The van der Waals surface area contributed by atoms with Crippen LogP contribution in [-0.2, 0) is 6.42 Å². The van der Waals surface area contributed by atoms with E-state index in [0.717, 1.165) is 16.8 Å². The van der Waals surface area contributed by atoms with Crippen LogP contribution >= 0.6 is 0 Å². The van der Waals surface area contributed by atoms with Gasteiger partial charge >= 0.3 is 0 Å². The monoisotopic (exact) mass is 537 g/mol. The Morgan fingerprint density at radius 2 is 1.44 bits per heavy atom. The number of hydrogen-bond acceptors (Lipinski definition) is 4. The number of amides is 1. The molecule has 6 nitrogen and oxygen atoms in total. The summed E-state index contributed by atoms with van der Waals surface area (Å²) in [7, 11) is 0. The second-order valence-corrected chi connectivity index (χ2v) is 9.64. The summed E-state index contributed by atoms with van der Waals surface area (Å²) >= 11 is 0. The van der Waals surface area contributed by atoms with Crippen molar-refractivity contribution in [1.82, 2.24) is 9.78 Å². The lowest BCUT2D eigenvalue weighted by molar-refractivity contribution is 0.0943. The molecule has 0 radical (unpaired) electrons. The molecule has 0 bridgehead atoms. The van der Waals surface area contributed by atoms with Gasteiger partial charge in [0.05, 0.1) is 11.4 Å². The zero-order valence-corrected chi connectivity index (χ0v) is 22.2. The van der Waals surface area contributed by atoms with Gasteiger partial charge in [0, 0.05) is 40.9 Å². The van der Waals surface area contributed by atoms with Crippen LogP contribution in [0.15, 0.2) is 121 Å². The molecule has 1 aliphatic rings. The molecule has 0 aliphatic heterocycles. The van der Waals surface area contributed by atoms with Crippen molar-refractivity contribution in [2.75, 3.05) is 5.32 Å². The third kappa shape index (κ3) is 5.92. The summed E-state index contributed by atoms with van der Waals surface area (Å²) in [6, 6.07) is 35.5. The fourth-order valence-electron chi connectivity index (χ4n) is 4.75. The van der Waals surface area contributed by atoms with Crippen LogP contribution < -0.4 is 10.1 Å². The third-order valence-electron chi connectivity index (χ3n) is 6.80. The van der Waals surface area contributed by atoms with Gasteiger partial charge in [-0.05, 0) is 54.5 Å². The first-order valence-corrected chi connectivity index (χ1v) is 13.4. The van der Waals surface area contributed by atoms with Crippen LogP contribution in [0.5, 0.6) is 5.75 Å². The van der Waals surface area contributed by atoms with Gasteiger partial charge in [-0.25, -0.2) is 0 Å². The number of anilines is 1. The second-order valence-electron chi connectivity index (χ2n) is 9.64. The van der Waals surface area contributed by atoms with E-state index in [-0.39, 0.29) is 11.8 Å². The molecule has 6 heteroatoms. The predicted octanol–water partition coefficient (Wildman–Crippen LogP) is 7.36. The summed E-state index contributed by atoms with van der Waals surface area (Å²) in [6.07, 6.45) is 7.17. The first-order chi connectivity index (χ1) is 20.1. The number of allylic oxidation sites excluding steroid dienone is 1. The molecule has 0 unspecified atom stereocenters.